The molecule has 0 fully saturated rings. The molecule has 0 heterocycles. The zero-order valence-corrected chi connectivity index (χ0v) is 18.2. The van der Waals surface area contributed by atoms with Gasteiger partial charge in [0, 0.05) is 13.2 Å². The van der Waals surface area contributed by atoms with Crippen LogP contribution in [0.25, 0.3) is 10.8 Å². The van der Waals surface area contributed by atoms with E-state index in [9.17, 15) is 10.2 Å². The van der Waals surface area contributed by atoms with E-state index in [4.69, 9.17) is 18.9 Å². The van der Waals surface area contributed by atoms with Gasteiger partial charge in [0.2, 0.25) is 0 Å². The first-order valence-corrected chi connectivity index (χ1v) is 10.9. The number of benzene rings is 2. The molecule has 0 spiro atoms. The smallest absolute Gasteiger partial charge is 0.120 e. The Labute approximate surface area is 179 Å². The second-order valence-corrected chi connectivity index (χ2v) is 7.46. The Kier molecular flexibility index (Phi) is 11.6. The highest BCUT2D eigenvalue weighted by atomic mass is 16.5. The van der Waals surface area contributed by atoms with Gasteiger partial charge >= 0.3 is 0 Å². The van der Waals surface area contributed by atoms with Crippen LogP contribution in [0.3, 0.4) is 0 Å². The Hall–Kier alpha value is -1.86. The van der Waals surface area contributed by atoms with Crippen LogP contribution in [-0.4, -0.2) is 62.1 Å². The summed E-state index contributed by atoms with van der Waals surface area (Å²) in [6.07, 6.45) is 2.84. The van der Waals surface area contributed by atoms with E-state index in [1.54, 1.807) is 0 Å². The molecule has 6 nitrogen and oxygen atoms in total. The third kappa shape index (κ3) is 9.30. The lowest BCUT2D eigenvalue weighted by atomic mass is 10.1. The van der Waals surface area contributed by atoms with Gasteiger partial charge in [0.05, 0.1) is 13.2 Å². The summed E-state index contributed by atoms with van der Waals surface area (Å²) in [6, 6.07) is 11.5. The highest BCUT2D eigenvalue weighted by molar-refractivity contribution is 5.85. The van der Waals surface area contributed by atoms with Gasteiger partial charge in [-0.25, -0.2) is 0 Å². The first-order chi connectivity index (χ1) is 14.6. The minimum absolute atomic E-state index is 0.192. The molecule has 0 bridgehead atoms. The van der Waals surface area contributed by atoms with Crippen LogP contribution in [-0.2, 0) is 9.47 Å². The summed E-state index contributed by atoms with van der Waals surface area (Å²) < 4.78 is 22.2. The molecule has 0 radical (unpaired) electrons. The highest BCUT2D eigenvalue weighted by Gasteiger charge is 2.08. The molecule has 0 saturated heterocycles. The van der Waals surface area contributed by atoms with Gasteiger partial charge in [-0.15, -0.1) is 0 Å². The summed E-state index contributed by atoms with van der Waals surface area (Å²) in [5, 5.41) is 21.9. The monoisotopic (exact) mass is 420 g/mol. The van der Waals surface area contributed by atoms with Gasteiger partial charge in [0.25, 0.3) is 0 Å². The molecule has 6 heteroatoms. The second kappa shape index (κ2) is 14.2. The largest absolute Gasteiger partial charge is 0.491 e. The number of unbranched alkanes of at least 4 members (excludes halogenated alkanes) is 2. The number of hydrogen-bond acceptors (Lipinski definition) is 6. The maximum atomic E-state index is 9.95. The molecule has 2 aromatic carbocycles. The number of hydrogen-bond donors (Lipinski definition) is 2. The molecule has 2 atom stereocenters. The van der Waals surface area contributed by atoms with Crippen LogP contribution in [0.4, 0.5) is 0 Å². The number of aliphatic hydroxyl groups excluding tert-OH is 2. The van der Waals surface area contributed by atoms with Gasteiger partial charge in [0.1, 0.15) is 36.9 Å². The molecule has 2 rings (SSSR count). The molecule has 2 aromatic rings. The van der Waals surface area contributed by atoms with E-state index in [1.807, 2.05) is 36.4 Å². The predicted molar refractivity (Wildman–Crippen MR) is 118 cm³/mol. The van der Waals surface area contributed by atoms with Crippen molar-refractivity contribution in [3.05, 3.63) is 36.4 Å². The van der Waals surface area contributed by atoms with Crippen molar-refractivity contribution in [1.29, 1.82) is 0 Å². The minimum atomic E-state index is -0.647. The molecule has 0 aliphatic rings. The molecule has 0 aliphatic heterocycles. The Bertz CT molecular complexity index is 659. The summed E-state index contributed by atoms with van der Waals surface area (Å²) in [5.41, 5.74) is 0. The molecule has 0 aromatic heterocycles. The summed E-state index contributed by atoms with van der Waals surface area (Å²) in [7, 11) is 0. The van der Waals surface area contributed by atoms with Gasteiger partial charge in [0.15, 0.2) is 0 Å². The van der Waals surface area contributed by atoms with E-state index in [1.165, 1.54) is 0 Å². The number of rotatable bonds is 16. The molecule has 2 unspecified atom stereocenters. The first-order valence-electron chi connectivity index (χ1n) is 10.9. The van der Waals surface area contributed by atoms with Crippen LogP contribution in [0.2, 0.25) is 0 Å². The zero-order valence-electron chi connectivity index (χ0n) is 18.2. The topological polar surface area (TPSA) is 77.4 Å². The molecule has 0 saturated carbocycles. The number of aliphatic hydroxyl groups is 2. The zero-order chi connectivity index (χ0) is 21.6. The van der Waals surface area contributed by atoms with Gasteiger partial charge in [-0.05, 0) is 47.9 Å². The van der Waals surface area contributed by atoms with Crippen molar-refractivity contribution in [1.82, 2.24) is 0 Å². The third-order valence-electron chi connectivity index (χ3n) is 4.57. The van der Waals surface area contributed by atoms with Gasteiger partial charge in [-0.3, -0.25) is 0 Å². The predicted octanol–water partition coefficient (Wildman–Crippen LogP) is 3.95. The molecule has 168 valence electrons. The SMILES string of the molecule is CCCCOCC(O)COc1ccc2cc(OCC(O)COCCCC)ccc2c1. The van der Waals surface area contributed by atoms with Crippen LogP contribution in [0.1, 0.15) is 39.5 Å². The summed E-state index contributed by atoms with van der Waals surface area (Å²) in [4.78, 5) is 0. The summed E-state index contributed by atoms with van der Waals surface area (Å²) in [5.74, 6) is 1.40. The molecular formula is C24H36O6. The fraction of sp³-hybridized carbons (Fsp3) is 0.583. The highest BCUT2D eigenvalue weighted by Crippen LogP contribution is 2.25. The van der Waals surface area contributed by atoms with Crippen molar-refractivity contribution >= 4 is 10.8 Å². The normalized spacial score (nSPS) is 13.3. The standard InChI is InChI=1S/C24H36O6/c1-3-5-11-27-15-21(25)17-29-23-9-7-20-14-24(10-8-19(20)13-23)30-18-22(26)16-28-12-6-4-2/h7-10,13-14,21-22,25-26H,3-6,11-12,15-18H2,1-2H3. The van der Waals surface area contributed by atoms with Crippen molar-refractivity contribution in [2.75, 3.05) is 39.6 Å². The minimum Gasteiger partial charge on any atom is -0.491 e. The van der Waals surface area contributed by atoms with Gasteiger partial charge in [-0.1, -0.05) is 38.8 Å². The average Bonchev–Trinajstić information content (AvgIpc) is 2.76. The van der Waals surface area contributed by atoms with E-state index in [0.717, 1.165) is 36.5 Å². The summed E-state index contributed by atoms with van der Waals surface area (Å²) in [6.45, 7) is 6.48. The lowest BCUT2D eigenvalue weighted by molar-refractivity contribution is 0.0113. The maximum Gasteiger partial charge on any atom is 0.120 e. The molecule has 30 heavy (non-hydrogen) atoms. The Morgan fingerprint density at radius 1 is 0.667 bits per heavy atom. The van der Waals surface area contributed by atoms with E-state index < -0.39 is 12.2 Å². The number of ether oxygens (including phenoxy) is 4. The Morgan fingerprint density at radius 2 is 1.10 bits per heavy atom. The fourth-order valence-corrected chi connectivity index (χ4v) is 2.79. The average molecular weight is 421 g/mol. The van der Waals surface area contributed by atoms with Crippen molar-refractivity contribution in [2.24, 2.45) is 0 Å². The molecule has 0 amide bonds. The Balaban J connectivity index is 1.78. The number of fused-ring (bicyclic) bond motifs is 1. The molecule has 2 N–H and O–H groups in total. The van der Waals surface area contributed by atoms with E-state index in [0.29, 0.717) is 24.7 Å². The Morgan fingerprint density at radius 3 is 1.50 bits per heavy atom. The van der Waals surface area contributed by atoms with E-state index in [-0.39, 0.29) is 26.4 Å². The van der Waals surface area contributed by atoms with Crippen molar-refractivity contribution in [3.8, 4) is 11.5 Å². The summed E-state index contributed by atoms with van der Waals surface area (Å²) >= 11 is 0. The van der Waals surface area contributed by atoms with Crippen LogP contribution in [0.15, 0.2) is 36.4 Å². The van der Waals surface area contributed by atoms with E-state index in [2.05, 4.69) is 13.8 Å². The molecular weight excluding hydrogens is 384 g/mol. The van der Waals surface area contributed by atoms with E-state index >= 15 is 0 Å². The van der Waals surface area contributed by atoms with Crippen LogP contribution in [0.5, 0.6) is 11.5 Å². The molecule has 0 aliphatic carbocycles. The van der Waals surface area contributed by atoms with Gasteiger partial charge in [-0.2, -0.15) is 0 Å². The van der Waals surface area contributed by atoms with Crippen LogP contribution >= 0.6 is 0 Å². The van der Waals surface area contributed by atoms with Crippen molar-refractivity contribution in [2.45, 2.75) is 51.7 Å². The lowest BCUT2D eigenvalue weighted by Crippen LogP contribution is -2.23. The van der Waals surface area contributed by atoms with Crippen molar-refractivity contribution in [3.63, 3.8) is 0 Å². The van der Waals surface area contributed by atoms with Crippen LogP contribution < -0.4 is 9.47 Å². The van der Waals surface area contributed by atoms with Crippen molar-refractivity contribution < 1.29 is 29.2 Å². The quantitative estimate of drug-likeness (QED) is 0.401. The second-order valence-electron chi connectivity index (χ2n) is 7.46. The maximum absolute atomic E-state index is 9.95. The third-order valence-corrected chi connectivity index (χ3v) is 4.57. The lowest BCUT2D eigenvalue weighted by Gasteiger charge is -2.14. The van der Waals surface area contributed by atoms with Gasteiger partial charge < -0.3 is 29.2 Å². The van der Waals surface area contributed by atoms with Crippen LogP contribution in [0, 0.1) is 0 Å². The first kappa shape index (κ1) is 24.4. The fourth-order valence-electron chi connectivity index (χ4n) is 2.79.